The van der Waals surface area contributed by atoms with Gasteiger partial charge in [0.05, 0.1) is 11.2 Å². The molecule has 0 spiro atoms. The molecule has 6 heteroatoms. The summed E-state index contributed by atoms with van der Waals surface area (Å²) in [7, 11) is 1.84. The molecule has 0 saturated carbocycles. The van der Waals surface area contributed by atoms with E-state index in [1.807, 2.05) is 19.3 Å². The molecule has 0 unspecified atom stereocenters. The van der Waals surface area contributed by atoms with Crippen molar-refractivity contribution in [2.75, 3.05) is 30.4 Å². The van der Waals surface area contributed by atoms with Crippen LogP contribution >= 0.6 is 0 Å². The summed E-state index contributed by atoms with van der Waals surface area (Å²) in [6.45, 7) is 2.19. The van der Waals surface area contributed by atoms with Crippen LogP contribution in [0.1, 0.15) is 12.8 Å². The van der Waals surface area contributed by atoms with Gasteiger partial charge in [0.1, 0.15) is 11.3 Å². The monoisotopic (exact) mass is 306 g/mol. The van der Waals surface area contributed by atoms with Crippen LogP contribution in [0.5, 0.6) is 0 Å². The molecule has 0 amide bonds. The van der Waals surface area contributed by atoms with E-state index in [-0.39, 0.29) is 0 Å². The zero-order valence-electron chi connectivity index (χ0n) is 13.0. The van der Waals surface area contributed by atoms with Crippen LogP contribution in [0.3, 0.4) is 0 Å². The average Bonchev–Trinajstić information content (AvgIpc) is 3.15. The van der Waals surface area contributed by atoms with Gasteiger partial charge in [-0.25, -0.2) is 15.0 Å². The number of fused-ring (bicyclic) bond motifs is 1. The van der Waals surface area contributed by atoms with Gasteiger partial charge in [0, 0.05) is 44.3 Å². The first-order chi connectivity index (χ1) is 11.3. The number of nitrogens with one attached hydrogen (secondary N) is 1. The minimum absolute atomic E-state index is 0.731. The van der Waals surface area contributed by atoms with E-state index in [1.165, 1.54) is 12.8 Å². The fourth-order valence-corrected chi connectivity index (χ4v) is 2.97. The number of hydrogen-bond acceptors (Lipinski definition) is 6. The van der Waals surface area contributed by atoms with Gasteiger partial charge in [-0.2, -0.15) is 0 Å². The van der Waals surface area contributed by atoms with Gasteiger partial charge in [0.15, 0.2) is 5.82 Å². The molecule has 1 fully saturated rings. The summed E-state index contributed by atoms with van der Waals surface area (Å²) in [5.41, 5.74) is 3.44. The molecular formula is C17H18N6. The van der Waals surface area contributed by atoms with Crippen molar-refractivity contribution in [3.05, 3.63) is 36.8 Å². The van der Waals surface area contributed by atoms with Crippen molar-refractivity contribution in [2.45, 2.75) is 12.8 Å². The lowest BCUT2D eigenvalue weighted by Gasteiger charge is -2.16. The first-order valence-electron chi connectivity index (χ1n) is 7.86. The minimum atomic E-state index is 0.731. The molecule has 3 aromatic heterocycles. The van der Waals surface area contributed by atoms with Crippen molar-refractivity contribution in [1.29, 1.82) is 0 Å². The van der Waals surface area contributed by atoms with Crippen LogP contribution in [0.15, 0.2) is 36.8 Å². The highest BCUT2D eigenvalue weighted by molar-refractivity contribution is 5.88. The fraction of sp³-hybridized carbons (Fsp3) is 0.294. The first-order valence-corrected chi connectivity index (χ1v) is 7.86. The highest BCUT2D eigenvalue weighted by Crippen LogP contribution is 2.26. The van der Waals surface area contributed by atoms with E-state index in [1.54, 1.807) is 12.4 Å². The van der Waals surface area contributed by atoms with E-state index in [2.05, 4.69) is 42.3 Å². The predicted molar refractivity (Wildman–Crippen MR) is 91.6 cm³/mol. The SMILES string of the molecule is CNc1nc(-c2ccc(N3CCCC3)nc2)cc2nccnc12. The predicted octanol–water partition coefficient (Wildman–Crippen LogP) is 2.73. The summed E-state index contributed by atoms with van der Waals surface area (Å²) >= 11 is 0. The summed E-state index contributed by atoms with van der Waals surface area (Å²) in [6.07, 6.45) is 7.76. The summed E-state index contributed by atoms with van der Waals surface area (Å²) in [4.78, 5) is 20.3. The number of hydrogen-bond donors (Lipinski definition) is 1. The van der Waals surface area contributed by atoms with Crippen LogP contribution in [0, 0.1) is 0 Å². The normalized spacial score (nSPS) is 14.4. The molecule has 116 valence electrons. The van der Waals surface area contributed by atoms with Crippen LogP contribution in [0.2, 0.25) is 0 Å². The quantitative estimate of drug-likeness (QED) is 0.802. The van der Waals surface area contributed by atoms with Gasteiger partial charge in [-0.3, -0.25) is 4.98 Å². The highest BCUT2D eigenvalue weighted by Gasteiger charge is 2.14. The maximum Gasteiger partial charge on any atom is 0.154 e. The maximum atomic E-state index is 4.65. The highest BCUT2D eigenvalue weighted by atomic mass is 15.2. The Morgan fingerprint density at radius 3 is 2.61 bits per heavy atom. The Balaban J connectivity index is 1.73. The second kappa shape index (κ2) is 5.79. The Bertz CT molecular complexity index is 824. The average molecular weight is 306 g/mol. The fourth-order valence-electron chi connectivity index (χ4n) is 2.97. The van der Waals surface area contributed by atoms with Gasteiger partial charge in [0.2, 0.25) is 0 Å². The third kappa shape index (κ3) is 2.56. The Labute approximate surface area is 134 Å². The van der Waals surface area contributed by atoms with Gasteiger partial charge < -0.3 is 10.2 Å². The molecule has 3 aromatic rings. The van der Waals surface area contributed by atoms with E-state index in [9.17, 15) is 0 Å². The molecule has 0 bridgehead atoms. The topological polar surface area (TPSA) is 66.8 Å². The van der Waals surface area contributed by atoms with Crippen LogP contribution in [-0.4, -0.2) is 40.1 Å². The van der Waals surface area contributed by atoms with Crippen molar-refractivity contribution < 1.29 is 0 Å². The Kier molecular flexibility index (Phi) is 3.49. The molecule has 1 saturated heterocycles. The maximum absolute atomic E-state index is 4.65. The summed E-state index contributed by atoms with van der Waals surface area (Å²) in [6, 6.07) is 6.10. The smallest absolute Gasteiger partial charge is 0.154 e. The number of rotatable bonds is 3. The van der Waals surface area contributed by atoms with E-state index in [0.717, 1.165) is 47.0 Å². The van der Waals surface area contributed by atoms with Crippen molar-refractivity contribution in [1.82, 2.24) is 19.9 Å². The number of anilines is 2. The zero-order valence-corrected chi connectivity index (χ0v) is 13.0. The Morgan fingerprint density at radius 1 is 1.04 bits per heavy atom. The number of aromatic nitrogens is 4. The van der Waals surface area contributed by atoms with Crippen LogP contribution in [0.4, 0.5) is 11.6 Å². The second-order valence-corrected chi connectivity index (χ2v) is 5.63. The molecule has 6 nitrogen and oxygen atoms in total. The van der Waals surface area contributed by atoms with Gasteiger partial charge in [-0.1, -0.05) is 0 Å². The third-order valence-corrected chi connectivity index (χ3v) is 4.17. The van der Waals surface area contributed by atoms with Crippen LogP contribution in [-0.2, 0) is 0 Å². The van der Waals surface area contributed by atoms with E-state index in [4.69, 9.17) is 0 Å². The lowest BCUT2D eigenvalue weighted by Crippen LogP contribution is -2.18. The molecule has 4 rings (SSSR count). The zero-order chi connectivity index (χ0) is 15.6. The molecule has 4 heterocycles. The minimum Gasteiger partial charge on any atom is -0.371 e. The molecule has 0 radical (unpaired) electrons. The van der Waals surface area contributed by atoms with Gasteiger partial charge >= 0.3 is 0 Å². The molecule has 0 atom stereocenters. The van der Waals surface area contributed by atoms with Crippen molar-refractivity contribution in [2.24, 2.45) is 0 Å². The lowest BCUT2D eigenvalue weighted by molar-refractivity contribution is 0.938. The van der Waals surface area contributed by atoms with Crippen molar-refractivity contribution in [3.8, 4) is 11.3 Å². The molecule has 1 aliphatic rings. The van der Waals surface area contributed by atoms with Crippen LogP contribution < -0.4 is 10.2 Å². The summed E-state index contributed by atoms with van der Waals surface area (Å²) in [5, 5.41) is 3.09. The van der Waals surface area contributed by atoms with Gasteiger partial charge in [-0.05, 0) is 31.0 Å². The molecule has 1 aliphatic heterocycles. The summed E-state index contributed by atoms with van der Waals surface area (Å²) in [5.74, 6) is 1.77. The van der Waals surface area contributed by atoms with E-state index >= 15 is 0 Å². The molecule has 1 N–H and O–H groups in total. The van der Waals surface area contributed by atoms with Crippen molar-refractivity contribution in [3.63, 3.8) is 0 Å². The molecule has 0 aromatic carbocycles. The van der Waals surface area contributed by atoms with E-state index < -0.39 is 0 Å². The summed E-state index contributed by atoms with van der Waals surface area (Å²) < 4.78 is 0. The van der Waals surface area contributed by atoms with Crippen molar-refractivity contribution >= 4 is 22.7 Å². The molecule has 0 aliphatic carbocycles. The van der Waals surface area contributed by atoms with Gasteiger partial charge in [-0.15, -0.1) is 0 Å². The standard InChI is InChI=1S/C17H18N6/c1-18-17-16-14(19-6-7-20-16)10-13(22-17)12-4-5-15(21-11-12)23-8-2-3-9-23/h4-7,10-11H,2-3,8-9H2,1H3,(H,18,22). The Morgan fingerprint density at radius 2 is 1.87 bits per heavy atom. The lowest BCUT2D eigenvalue weighted by atomic mass is 10.1. The number of nitrogens with zero attached hydrogens (tertiary/aromatic N) is 5. The van der Waals surface area contributed by atoms with E-state index in [0.29, 0.717) is 0 Å². The molecular weight excluding hydrogens is 288 g/mol. The Hall–Kier alpha value is -2.76. The molecule has 23 heavy (non-hydrogen) atoms. The first kappa shape index (κ1) is 13.9. The largest absolute Gasteiger partial charge is 0.371 e. The number of pyridine rings is 2. The van der Waals surface area contributed by atoms with Gasteiger partial charge in [0.25, 0.3) is 0 Å². The second-order valence-electron chi connectivity index (χ2n) is 5.63. The third-order valence-electron chi connectivity index (χ3n) is 4.17. The van der Waals surface area contributed by atoms with Crippen LogP contribution in [0.25, 0.3) is 22.3 Å².